The first-order valence-electron chi connectivity index (χ1n) is 8.49. The molecule has 0 saturated carbocycles. The van der Waals surface area contributed by atoms with E-state index in [1.165, 1.54) is 24.3 Å². The largest absolute Gasteiger partial charge is 0.493 e. The van der Waals surface area contributed by atoms with Crippen LogP contribution in [0.5, 0.6) is 11.5 Å². The number of halogens is 2. The minimum atomic E-state index is -2.92. The van der Waals surface area contributed by atoms with Gasteiger partial charge in [-0.3, -0.25) is 4.79 Å². The zero-order valence-corrected chi connectivity index (χ0v) is 16.2. The fourth-order valence-corrected chi connectivity index (χ4v) is 3.23. The van der Waals surface area contributed by atoms with E-state index in [4.69, 9.17) is 4.74 Å². The Morgan fingerprint density at radius 3 is 2.48 bits per heavy atom. The summed E-state index contributed by atoms with van der Waals surface area (Å²) in [6.45, 7) is -0.459. The summed E-state index contributed by atoms with van der Waals surface area (Å²) >= 11 is 1.55. The number of methoxy groups -OCH3 is 1. The van der Waals surface area contributed by atoms with Crippen molar-refractivity contribution in [1.82, 2.24) is 5.32 Å². The van der Waals surface area contributed by atoms with Crippen molar-refractivity contribution in [3.63, 3.8) is 0 Å². The average molecular weight is 395 g/mol. The van der Waals surface area contributed by atoms with E-state index in [9.17, 15) is 13.6 Å². The first kappa shape index (κ1) is 21.0. The Bertz CT molecular complexity index is 739. The number of carbonyl (C=O) groups is 1. The molecule has 0 radical (unpaired) electrons. The van der Waals surface area contributed by atoms with Gasteiger partial charge in [-0.15, -0.1) is 11.8 Å². The third-order valence-corrected chi connectivity index (χ3v) is 4.81. The highest BCUT2D eigenvalue weighted by atomic mass is 32.2. The fraction of sp³-hybridized carbons (Fsp3) is 0.350. The molecule has 0 saturated heterocycles. The van der Waals surface area contributed by atoms with E-state index in [0.717, 1.165) is 11.3 Å². The molecule has 2 rings (SSSR count). The fourth-order valence-electron chi connectivity index (χ4n) is 2.41. The monoisotopic (exact) mass is 395 g/mol. The quantitative estimate of drug-likeness (QED) is 0.655. The molecule has 0 aliphatic rings. The van der Waals surface area contributed by atoms with Crippen molar-refractivity contribution in [2.24, 2.45) is 0 Å². The van der Waals surface area contributed by atoms with Crippen LogP contribution in [0.25, 0.3) is 0 Å². The van der Waals surface area contributed by atoms with Gasteiger partial charge in [0, 0.05) is 12.3 Å². The maximum Gasteiger partial charge on any atom is 0.387 e. The van der Waals surface area contributed by atoms with Crippen LogP contribution < -0.4 is 14.8 Å². The predicted molar refractivity (Wildman–Crippen MR) is 104 cm³/mol. The number of amides is 1. The van der Waals surface area contributed by atoms with Gasteiger partial charge in [0.1, 0.15) is 0 Å². The first-order valence-corrected chi connectivity index (χ1v) is 9.65. The van der Waals surface area contributed by atoms with Crippen molar-refractivity contribution in [2.45, 2.75) is 25.7 Å². The minimum absolute atomic E-state index is 0.00928. The van der Waals surface area contributed by atoms with Crippen LogP contribution in [-0.4, -0.2) is 31.9 Å². The SMILES string of the molecule is COc1ccc(CCNC(=O)CSCc2ccc(C)cc2)cc1OC(F)F. The number of nitrogens with one attached hydrogen (secondary N) is 1. The Kier molecular flexibility index (Phi) is 8.39. The van der Waals surface area contributed by atoms with Gasteiger partial charge in [0.05, 0.1) is 12.9 Å². The number of alkyl halides is 2. The molecule has 0 bridgehead atoms. The van der Waals surface area contributed by atoms with Crippen LogP contribution in [0.3, 0.4) is 0 Å². The van der Waals surface area contributed by atoms with Crippen LogP contribution in [0, 0.1) is 6.92 Å². The van der Waals surface area contributed by atoms with Crippen LogP contribution in [-0.2, 0) is 17.0 Å². The third-order valence-electron chi connectivity index (χ3n) is 3.80. The summed E-state index contributed by atoms with van der Waals surface area (Å²) in [7, 11) is 1.39. The van der Waals surface area contributed by atoms with Gasteiger partial charge in [-0.2, -0.15) is 8.78 Å². The number of ether oxygens (including phenoxy) is 2. The van der Waals surface area contributed by atoms with E-state index in [0.29, 0.717) is 18.7 Å². The minimum Gasteiger partial charge on any atom is -0.493 e. The van der Waals surface area contributed by atoms with Crippen LogP contribution in [0.4, 0.5) is 8.78 Å². The maximum atomic E-state index is 12.4. The highest BCUT2D eigenvalue weighted by Gasteiger charge is 2.11. The second-order valence-electron chi connectivity index (χ2n) is 5.94. The van der Waals surface area contributed by atoms with E-state index in [2.05, 4.69) is 34.3 Å². The molecule has 0 atom stereocenters. The molecule has 7 heteroatoms. The summed E-state index contributed by atoms with van der Waals surface area (Å²) in [4.78, 5) is 11.9. The predicted octanol–water partition coefficient (Wildman–Crippen LogP) is 4.20. The van der Waals surface area contributed by atoms with E-state index >= 15 is 0 Å². The van der Waals surface area contributed by atoms with Crippen molar-refractivity contribution < 1.29 is 23.0 Å². The van der Waals surface area contributed by atoms with Gasteiger partial charge in [0.25, 0.3) is 0 Å². The normalized spacial score (nSPS) is 10.7. The molecule has 0 fully saturated rings. The molecule has 0 spiro atoms. The number of benzene rings is 2. The van der Waals surface area contributed by atoms with Gasteiger partial charge >= 0.3 is 6.61 Å². The molecular weight excluding hydrogens is 372 g/mol. The molecule has 0 unspecified atom stereocenters. The molecule has 27 heavy (non-hydrogen) atoms. The van der Waals surface area contributed by atoms with Gasteiger partial charge in [0.2, 0.25) is 5.91 Å². The first-order chi connectivity index (χ1) is 13.0. The Balaban J connectivity index is 1.73. The summed E-state index contributed by atoms with van der Waals surface area (Å²) in [5.41, 5.74) is 3.17. The number of hydrogen-bond donors (Lipinski definition) is 1. The molecule has 2 aromatic rings. The molecular formula is C20H23F2NO3S. The lowest BCUT2D eigenvalue weighted by atomic mass is 10.1. The summed E-state index contributed by atoms with van der Waals surface area (Å²) in [6.07, 6.45) is 0.512. The van der Waals surface area contributed by atoms with E-state index in [1.807, 2.05) is 6.92 Å². The van der Waals surface area contributed by atoms with Crippen molar-refractivity contribution in [2.75, 3.05) is 19.4 Å². The van der Waals surface area contributed by atoms with Crippen LogP contribution in [0.15, 0.2) is 42.5 Å². The molecule has 0 heterocycles. The molecule has 0 aromatic heterocycles. The summed E-state index contributed by atoms with van der Waals surface area (Å²) in [6, 6.07) is 13.1. The molecule has 0 aliphatic carbocycles. The number of rotatable bonds is 10. The molecule has 146 valence electrons. The Labute approximate surface area is 162 Å². The van der Waals surface area contributed by atoms with Gasteiger partial charge in [-0.1, -0.05) is 35.9 Å². The lowest BCUT2D eigenvalue weighted by Gasteiger charge is -2.12. The lowest BCUT2D eigenvalue weighted by Crippen LogP contribution is -2.27. The van der Waals surface area contributed by atoms with Gasteiger partial charge < -0.3 is 14.8 Å². The Morgan fingerprint density at radius 1 is 1.11 bits per heavy atom. The highest BCUT2D eigenvalue weighted by molar-refractivity contribution is 7.99. The van der Waals surface area contributed by atoms with E-state index < -0.39 is 6.61 Å². The number of carbonyl (C=O) groups excluding carboxylic acids is 1. The number of hydrogen-bond acceptors (Lipinski definition) is 4. The smallest absolute Gasteiger partial charge is 0.387 e. The standard InChI is InChI=1S/C20H23F2NO3S/c1-14-3-5-16(6-4-14)12-27-13-19(24)23-10-9-15-7-8-17(25-2)18(11-15)26-20(21)22/h3-8,11,20H,9-10,12-13H2,1-2H3,(H,23,24). The lowest BCUT2D eigenvalue weighted by molar-refractivity contribution is -0.118. The van der Waals surface area contributed by atoms with Crippen molar-refractivity contribution in [1.29, 1.82) is 0 Å². The topological polar surface area (TPSA) is 47.6 Å². The van der Waals surface area contributed by atoms with Crippen LogP contribution in [0.2, 0.25) is 0 Å². The van der Waals surface area contributed by atoms with E-state index in [1.54, 1.807) is 23.9 Å². The second-order valence-corrected chi connectivity index (χ2v) is 6.93. The van der Waals surface area contributed by atoms with Crippen LogP contribution in [0.1, 0.15) is 16.7 Å². The Morgan fingerprint density at radius 2 is 1.81 bits per heavy atom. The van der Waals surface area contributed by atoms with Crippen molar-refractivity contribution >= 4 is 17.7 Å². The maximum absolute atomic E-state index is 12.4. The third kappa shape index (κ3) is 7.46. The highest BCUT2D eigenvalue weighted by Crippen LogP contribution is 2.29. The zero-order chi connectivity index (χ0) is 19.6. The van der Waals surface area contributed by atoms with Crippen molar-refractivity contribution in [3.05, 3.63) is 59.2 Å². The summed E-state index contributed by atoms with van der Waals surface area (Å²) < 4.78 is 34.4. The second kappa shape index (κ2) is 10.8. The molecule has 1 N–H and O–H groups in total. The Hall–Kier alpha value is -2.28. The summed E-state index contributed by atoms with van der Waals surface area (Å²) in [5, 5.41) is 2.84. The van der Waals surface area contributed by atoms with Gasteiger partial charge in [0.15, 0.2) is 11.5 Å². The zero-order valence-electron chi connectivity index (χ0n) is 15.3. The van der Waals surface area contributed by atoms with Crippen LogP contribution >= 0.6 is 11.8 Å². The number of aryl methyl sites for hydroxylation is 1. The molecule has 2 aromatic carbocycles. The summed E-state index contributed by atoms with van der Waals surface area (Å²) in [5.74, 6) is 1.33. The van der Waals surface area contributed by atoms with Gasteiger partial charge in [-0.05, 0) is 36.6 Å². The van der Waals surface area contributed by atoms with Gasteiger partial charge in [-0.25, -0.2) is 0 Å². The van der Waals surface area contributed by atoms with E-state index in [-0.39, 0.29) is 17.4 Å². The average Bonchev–Trinajstić information content (AvgIpc) is 2.63. The number of thioether (sulfide) groups is 1. The molecule has 1 amide bonds. The molecule has 4 nitrogen and oxygen atoms in total. The molecule has 0 aliphatic heterocycles. The van der Waals surface area contributed by atoms with Crippen molar-refractivity contribution in [3.8, 4) is 11.5 Å².